The molecular weight excluding hydrogens is 543 g/mol. The van der Waals surface area contributed by atoms with Crippen LogP contribution in [-0.4, -0.2) is 57.9 Å². The number of phosphoric acid groups is 1. The van der Waals surface area contributed by atoms with Crippen molar-refractivity contribution < 1.29 is 42.3 Å². The van der Waals surface area contributed by atoms with Crippen LogP contribution in [0, 0.1) is 0 Å². The summed E-state index contributed by atoms with van der Waals surface area (Å²) in [6, 6.07) is 13.1. The molecule has 2 aromatic heterocycles. The average molecular weight is 573 g/mol. The number of hydrogen-bond donors (Lipinski definition) is 1. The Morgan fingerprint density at radius 2 is 2.05 bits per heavy atom. The lowest BCUT2D eigenvalue weighted by molar-refractivity contribution is -0.155. The molecule has 0 spiro atoms. The summed E-state index contributed by atoms with van der Waals surface area (Å²) in [6.45, 7) is 2.74. The van der Waals surface area contributed by atoms with E-state index in [1.54, 1.807) is 23.6 Å². The molecule has 0 saturated carbocycles. The van der Waals surface area contributed by atoms with Crippen molar-refractivity contribution in [1.82, 2.24) is 9.55 Å². The number of para-hydroxylation sites is 1. The molecule has 12 nitrogen and oxygen atoms in total. The maximum atomic E-state index is 13.2. The number of ether oxygens (including phenoxy) is 3. The number of pyridine rings is 2. The van der Waals surface area contributed by atoms with Gasteiger partial charge in [0.15, 0.2) is 6.10 Å². The van der Waals surface area contributed by atoms with E-state index >= 15 is 0 Å². The third-order valence-corrected chi connectivity index (χ3v) is 7.76. The number of nitrogens with zero attached hydrogens (tertiary/aromatic N) is 2. The Labute approximate surface area is 229 Å². The first-order valence-electron chi connectivity index (χ1n) is 12.9. The second-order valence-electron chi connectivity index (χ2n) is 9.54. The minimum Gasteiger partial charge on any atom is -0.460 e. The lowest BCUT2D eigenvalue weighted by Gasteiger charge is -2.22. The van der Waals surface area contributed by atoms with E-state index in [9.17, 15) is 23.8 Å². The first kappa shape index (κ1) is 28.1. The van der Waals surface area contributed by atoms with Crippen molar-refractivity contribution in [2.24, 2.45) is 0 Å². The number of carbonyl (C=O) groups is 2. The Kier molecular flexibility index (Phi) is 8.16. The van der Waals surface area contributed by atoms with Gasteiger partial charge in [-0.1, -0.05) is 25.1 Å². The molecule has 4 atom stereocenters. The van der Waals surface area contributed by atoms with Gasteiger partial charge in [-0.3, -0.25) is 18.6 Å². The molecule has 1 saturated heterocycles. The van der Waals surface area contributed by atoms with Crippen molar-refractivity contribution >= 4 is 30.7 Å². The van der Waals surface area contributed by atoms with Crippen LogP contribution in [-0.2, 0) is 50.6 Å². The lowest BCUT2D eigenvalue weighted by atomic mass is 10.1. The van der Waals surface area contributed by atoms with Crippen molar-refractivity contribution in [3.63, 3.8) is 0 Å². The largest absolute Gasteiger partial charge is 0.473 e. The zero-order chi connectivity index (χ0) is 28.4. The van der Waals surface area contributed by atoms with Crippen molar-refractivity contribution in [3.8, 4) is 11.4 Å². The molecule has 2 aliphatic rings. The molecule has 0 amide bonds. The Morgan fingerprint density at radius 3 is 2.83 bits per heavy atom. The average Bonchev–Trinajstić information content (AvgIpc) is 3.52. The molecule has 1 fully saturated rings. The van der Waals surface area contributed by atoms with E-state index in [2.05, 4.69) is 0 Å². The second kappa shape index (κ2) is 11.6. The maximum absolute atomic E-state index is 13.2. The number of phosphoric ester groups is 1. The first-order chi connectivity index (χ1) is 19.1. The van der Waals surface area contributed by atoms with Crippen LogP contribution in [0.25, 0.3) is 22.3 Å². The summed E-state index contributed by atoms with van der Waals surface area (Å²) in [5.41, 5.74) is 3.08. The Bertz CT molecular complexity index is 1550. The van der Waals surface area contributed by atoms with Gasteiger partial charge in [0.05, 0.1) is 42.2 Å². The van der Waals surface area contributed by atoms with E-state index in [1.807, 2.05) is 30.3 Å². The highest BCUT2D eigenvalue weighted by atomic mass is 31.2. The molecule has 1 aromatic carbocycles. The number of aromatic nitrogens is 2. The smallest absolute Gasteiger partial charge is 0.460 e. The molecule has 40 heavy (non-hydrogen) atoms. The third-order valence-electron chi connectivity index (χ3n) is 6.76. The van der Waals surface area contributed by atoms with Gasteiger partial charge in [-0.25, -0.2) is 14.3 Å². The molecule has 0 bridgehead atoms. The van der Waals surface area contributed by atoms with Gasteiger partial charge in [0.25, 0.3) is 5.56 Å². The molecule has 4 unspecified atom stereocenters. The molecule has 0 aliphatic carbocycles. The van der Waals surface area contributed by atoms with Crippen molar-refractivity contribution in [3.05, 3.63) is 63.9 Å². The van der Waals surface area contributed by atoms with Gasteiger partial charge in [0.2, 0.25) is 0 Å². The number of esters is 2. The fourth-order valence-electron chi connectivity index (χ4n) is 4.79. The third kappa shape index (κ3) is 6.01. The van der Waals surface area contributed by atoms with Crippen LogP contribution in [0.3, 0.4) is 0 Å². The topological polar surface area (TPSA) is 152 Å². The highest BCUT2D eigenvalue weighted by molar-refractivity contribution is 7.47. The number of hydrogen-bond acceptors (Lipinski definition) is 10. The highest BCUT2D eigenvalue weighted by Gasteiger charge is 2.36. The van der Waals surface area contributed by atoms with Crippen LogP contribution in [0.1, 0.15) is 37.8 Å². The van der Waals surface area contributed by atoms with E-state index < -0.39 is 38.1 Å². The summed E-state index contributed by atoms with van der Waals surface area (Å²) in [4.78, 5) is 52.0. The summed E-state index contributed by atoms with van der Waals surface area (Å²) >= 11 is 0. The molecule has 2 aliphatic heterocycles. The number of rotatable bonds is 10. The molecule has 212 valence electrons. The minimum absolute atomic E-state index is 0.0143. The summed E-state index contributed by atoms with van der Waals surface area (Å²) in [7, 11) is -4.69. The number of fused-ring (bicyclic) bond motifs is 4. The quantitative estimate of drug-likeness (QED) is 0.220. The maximum Gasteiger partial charge on any atom is 0.473 e. The summed E-state index contributed by atoms with van der Waals surface area (Å²) < 4.78 is 39.9. The van der Waals surface area contributed by atoms with Crippen molar-refractivity contribution in [2.45, 2.75) is 58.2 Å². The van der Waals surface area contributed by atoms with Crippen molar-refractivity contribution in [2.75, 3.05) is 13.2 Å². The van der Waals surface area contributed by atoms with E-state index in [-0.39, 0.29) is 30.8 Å². The summed E-state index contributed by atoms with van der Waals surface area (Å²) in [5.74, 6) is -1.42. The zero-order valence-corrected chi connectivity index (χ0v) is 22.9. The predicted octanol–water partition coefficient (Wildman–Crippen LogP) is 3.10. The normalized spacial score (nSPS) is 20.0. The van der Waals surface area contributed by atoms with E-state index in [4.69, 9.17) is 28.2 Å². The van der Waals surface area contributed by atoms with Gasteiger partial charge >= 0.3 is 19.8 Å². The molecule has 5 rings (SSSR count). The molecule has 4 heterocycles. The van der Waals surface area contributed by atoms with Crippen LogP contribution >= 0.6 is 7.82 Å². The van der Waals surface area contributed by atoms with E-state index in [1.165, 1.54) is 6.92 Å². The zero-order valence-electron chi connectivity index (χ0n) is 22.0. The molecular formula is C27H29N2O10P. The van der Waals surface area contributed by atoms with E-state index in [0.717, 1.165) is 22.2 Å². The Morgan fingerprint density at radius 1 is 1.25 bits per heavy atom. The van der Waals surface area contributed by atoms with Crippen LogP contribution in [0.15, 0.2) is 47.3 Å². The fourth-order valence-corrected chi connectivity index (χ4v) is 5.74. The molecule has 3 aromatic rings. The lowest BCUT2D eigenvalue weighted by Crippen LogP contribution is -2.31. The van der Waals surface area contributed by atoms with Crippen LogP contribution < -0.4 is 5.56 Å². The standard InChI is InChI=1S/C27H29N2O10P/c1-3-22(39-40(33,34)37-15-24-23(10-11-35-24)38-16(2)30)27(32)36-14-18-8-9-21-25-19(13-29(21)26(18)31)12-17-6-4-5-7-20(17)28-25/h4-9,12,22-24H,3,10-11,13-15H2,1-2H3,(H,33,34). The molecule has 1 N–H and O–H groups in total. The first-order valence-corrected chi connectivity index (χ1v) is 14.4. The highest BCUT2D eigenvalue weighted by Crippen LogP contribution is 2.46. The predicted molar refractivity (Wildman–Crippen MR) is 141 cm³/mol. The molecule has 0 radical (unpaired) electrons. The fraction of sp³-hybridized carbons (Fsp3) is 0.407. The van der Waals surface area contributed by atoms with Crippen LogP contribution in [0.2, 0.25) is 0 Å². The number of benzene rings is 1. The SMILES string of the molecule is CCC(OP(=O)(O)OCC1OCCC1OC(C)=O)C(=O)OCc1ccc2n(c1=O)Cc1cc3ccccc3nc1-2. The van der Waals surface area contributed by atoms with Gasteiger partial charge in [0, 0.05) is 24.3 Å². The van der Waals surface area contributed by atoms with Crippen molar-refractivity contribution in [1.29, 1.82) is 0 Å². The van der Waals surface area contributed by atoms with Gasteiger partial charge < -0.3 is 23.7 Å². The number of carbonyl (C=O) groups excluding carboxylic acids is 2. The summed E-state index contributed by atoms with van der Waals surface area (Å²) in [6.07, 6.45) is -2.33. The minimum atomic E-state index is -4.69. The summed E-state index contributed by atoms with van der Waals surface area (Å²) in [5, 5.41) is 0.979. The van der Waals surface area contributed by atoms with Gasteiger partial charge in [-0.05, 0) is 30.7 Å². The van der Waals surface area contributed by atoms with Gasteiger partial charge in [0.1, 0.15) is 18.8 Å². The Balaban J connectivity index is 1.20. The molecule has 13 heteroatoms. The monoisotopic (exact) mass is 572 g/mol. The Hall–Kier alpha value is -3.41. The van der Waals surface area contributed by atoms with Gasteiger partial charge in [-0.2, -0.15) is 0 Å². The van der Waals surface area contributed by atoms with Crippen LogP contribution in [0.5, 0.6) is 0 Å². The van der Waals surface area contributed by atoms with E-state index in [0.29, 0.717) is 25.3 Å². The van der Waals surface area contributed by atoms with Crippen LogP contribution in [0.4, 0.5) is 0 Å². The van der Waals surface area contributed by atoms with Gasteiger partial charge in [-0.15, -0.1) is 0 Å². The second-order valence-corrected chi connectivity index (χ2v) is 11.0.